The molecule has 0 aliphatic rings. The number of hydrogen-bond donors (Lipinski definition) is 0. The highest BCUT2D eigenvalue weighted by Gasteiger charge is 2.13. The molecule has 0 fully saturated rings. The molecule has 1 nitrogen and oxygen atoms in total. The Bertz CT molecular complexity index is 73.5. The highest BCUT2D eigenvalue weighted by atomic mass is 28.4. The number of hydrogen-bond acceptors (Lipinski definition) is 1. The Kier molecular flexibility index (Phi) is 3.44. The van der Waals surface area contributed by atoms with Gasteiger partial charge in [0.05, 0.1) is 0 Å². The smallest absolute Gasteiger partial charge is 0.183 e. The summed E-state index contributed by atoms with van der Waals surface area (Å²) in [6, 6.07) is 0. The van der Waals surface area contributed by atoms with Crippen LogP contribution in [-0.2, 0) is 4.43 Å². The van der Waals surface area contributed by atoms with Crippen LogP contribution in [0.2, 0.25) is 19.6 Å². The molecule has 56 valence electrons. The van der Waals surface area contributed by atoms with E-state index in [4.69, 9.17) is 4.43 Å². The predicted octanol–water partition coefficient (Wildman–Crippen LogP) is 2.49. The topological polar surface area (TPSA) is 9.23 Å². The molecule has 0 radical (unpaired) electrons. The second-order valence-corrected chi connectivity index (χ2v) is 8.33. The van der Waals surface area contributed by atoms with E-state index < -0.39 is 8.32 Å². The summed E-state index contributed by atoms with van der Waals surface area (Å²) >= 11 is 0. The summed E-state index contributed by atoms with van der Waals surface area (Å²) in [6.07, 6.45) is 0. The van der Waals surface area contributed by atoms with Gasteiger partial charge >= 0.3 is 0 Å². The van der Waals surface area contributed by atoms with Crippen LogP contribution in [0, 0.1) is 5.92 Å². The van der Waals surface area contributed by atoms with E-state index >= 15 is 0 Å². The molecule has 2 heteroatoms. The van der Waals surface area contributed by atoms with Crippen molar-refractivity contribution < 1.29 is 4.43 Å². The van der Waals surface area contributed by atoms with Crippen molar-refractivity contribution in [1.29, 1.82) is 0 Å². The first-order valence-electron chi connectivity index (χ1n) is 3.56. The standard InChI is InChI=1S/C7H18OSi/c1-7(2)6-8-9(3,4)5/h7H,6H2,1-5H3. The Hall–Kier alpha value is 0.177. The highest BCUT2D eigenvalue weighted by Crippen LogP contribution is 2.04. The molecule has 0 aromatic rings. The van der Waals surface area contributed by atoms with E-state index in [0.29, 0.717) is 5.92 Å². The molecule has 0 rings (SSSR count). The van der Waals surface area contributed by atoms with Crippen molar-refractivity contribution in [2.45, 2.75) is 33.5 Å². The lowest BCUT2D eigenvalue weighted by Gasteiger charge is -2.18. The molecule has 0 bridgehead atoms. The van der Waals surface area contributed by atoms with Crippen molar-refractivity contribution in [1.82, 2.24) is 0 Å². The minimum atomic E-state index is -1.22. The lowest BCUT2D eigenvalue weighted by Crippen LogP contribution is -2.27. The van der Waals surface area contributed by atoms with E-state index in [1.807, 2.05) is 0 Å². The first-order valence-corrected chi connectivity index (χ1v) is 6.96. The minimum Gasteiger partial charge on any atom is -0.417 e. The Morgan fingerprint density at radius 2 is 1.67 bits per heavy atom. The van der Waals surface area contributed by atoms with Crippen molar-refractivity contribution in [3.8, 4) is 0 Å². The summed E-state index contributed by atoms with van der Waals surface area (Å²) < 4.78 is 5.63. The SMILES string of the molecule is CC(C)CO[Si](C)(C)C. The molecular formula is C7H18OSi. The third kappa shape index (κ3) is 8.18. The predicted molar refractivity (Wildman–Crippen MR) is 44.1 cm³/mol. The third-order valence-corrected chi connectivity index (χ3v) is 1.88. The van der Waals surface area contributed by atoms with E-state index in [1.165, 1.54) is 0 Å². The Labute approximate surface area is 59.5 Å². The zero-order valence-corrected chi connectivity index (χ0v) is 8.19. The van der Waals surface area contributed by atoms with Gasteiger partial charge in [0.15, 0.2) is 8.32 Å². The lowest BCUT2D eigenvalue weighted by molar-refractivity contribution is 0.264. The van der Waals surface area contributed by atoms with Crippen molar-refractivity contribution in [2.24, 2.45) is 5.92 Å². The monoisotopic (exact) mass is 146 g/mol. The lowest BCUT2D eigenvalue weighted by atomic mass is 10.2. The quantitative estimate of drug-likeness (QED) is 0.556. The number of rotatable bonds is 3. The van der Waals surface area contributed by atoms with Crippen LogP contribution in [0.5, 0.6) is 0 Å². The fraction of sp³-hybridized carbons (Fsp3) is 1.00. The van der Waals surface area contributed by atoms with Crippen LogP contribution in [0.1, 0.15) is 13.8 Å². The van der Waals surface area contributed by atoms with Crippen molar-refractivity contribution in [3.63, 3.8) is 0 Å². The minimum absolute atomic E-state index is 0.678. The van der Waals surface area contributed by atoms with E-state index in [-0.39, 0.29) is 0 Å². The molecule has 0 amide bonds. The van der Waals surface area contributed by atoms with Crippen LogP contribution in [0.3, 0.4) is 0 Å². The van der Waals surface area contributed by atoms with Gasteiger partial charge in [-0.15, -0.1) is 0 Å². The second-order valence-electron chi connectivity index (χ2n) is 3.82. The van der Waals surface area contributed by atoms with E-state index in [1.54, 1.807) is 0 Å². The molecule has 0 spiro atoms. The summed E-state index contributed by atoms with van der Waals surface area (Å²) in [6.45, 7) is 11.9. The largest absolute Gasteiger partial charge is 0.417 e. The molecule has 0 aliphatic heterocycles. The van der Waals surface area contributed by atoms with Gasteiger partial charge in [0, 0.05) is 6.61 Å². The van der Waals surface area contributed by atoms with Crippen LogP contribution in [-0.4, -0.2) is 14.9 Å². The van der Waals surface area contributed by atoms with Gasteiger partial charge in [-0.1, -0.05) is 13.8 Å². The molecule has 0 unspecified atom stereocenters. The van der Waals surface area contributed by atoms with Gasteiger partial charge in [0.2, 0.25) is 0 Å². The molecule has 0 saturated heterocycles. The van der Waals surface area contributed by atoms with Crippen LogP contribution in [0.25, 0.3) is 0 Å². The van der Waals surface area contributed by atoms with Crippen molar-refractivity contribution >= 4 is 8.32 Å². The van der Waals surface area contributed by atoms with Gasteiger partial charge in [-0.3, -0.25) is 0 Å². The van der Waals surface area contributed by atoms with Gasteiger partial charge in [-0.25, -0.2) is 0 Å². The average Bonchev–Trinajstić information content (AvgIpc) is 1.59. The van der Waals surface area contributed by atoms with E-state index in [2.05, 4.69) is 33.5 Å². The summed E-state index contributed by atoms with van der Waals surface area (Å²) in [5.74, 6) is 0.678. The molecule has 9 heavy (non-hydrogen) atoms. The first kappa shape index (κ1) is 9.18. The van der Waals surface area contributed by atoms with E-state index in [9.17, 15) is 0 Å². The maximum Gasteiger partial charge on any atom is 0.183 e. The average molecular weight is 146 g/mol. The molecule has 0 aromatic carbocycles. The van der Waals surface area contributed by atoms with Crippen molar-refractivity contribution in [3.05, 3.63) is 0 Å². The maximum absolute atomic E-state index is 5.63. The zero-order chi connectivity index (χ0) is 7.49. The van der Waals surface area contributed by atoms with Gasteiger partial charge in [0.1, 0.15) is 0 Å². The van der Waals surface area contributed by atoms with Crippen LogP contribution < -0.4 is 0 Å². The molecule has 0 saturated carbocycles. The third-order valence-electron chi connectivity index (χ3n) is 0.850. The summed E-state index contributed by atoms with van der Waals surface area (Å²) in [4.78, 5) is 0. The van der Waals surface area contributed by atoms with Crippen molar-refractivity contribution in [2.75, 3.05) is 6.61 Å². The Morgan fingerprint density at radius 3 is 1.78 bits per heavy atom. The first-order chi connectivity index (χ1) is 3.92. The van der Waals surface area contributed by atoms with Gasteiger partial charge < -0.3 is 4.43 Å². The van der Waals surface area contributed by atoms with E-state index in [0.717, 1.165) is 6.61 Å². The molecule has 0 heterocycles. The summed E-state index contributed by atoms with van der Waals surface area (Å²) in [5.41, 5.74) is 0. The molecule has 0 aliphatic carbocycles. The van der Waals surface area contributed by atoms with Crippen LogP contribution in [0.4, 0.5) is 0 Å². The molecule has 0 N–H and O–H groups in total. The van der Waals surface area contributed by atoms with Crippen LogP contribution in [0.15, 0.2) is 0 Å². The Balaban J connectivity index is 3.28. The fourth-order valence-electron chi connectivity index (χ4n) is 0.417. The fourth-order valence-corrected chi connectivity index (χ4v) is 1.25. The molecular weight excluding hydrogens is 128 g/mol. The van der Waals surface area contributed by atoms with Gasteiger partial charge in [-0.2, -0.15) is 0 Å². The zero-order valence-electron chi connectivity index (χ0n) is 7.19. The van der Waals surface area contributed by atoms with Gasteiger partial charge in [-0.05, 0) is 25.6 Å². The summed E-state index contributed by atoms with van der Waals surface area (Å²) in [5, 5.41) is 0. The highest BCUT2D eigenvalue weighted by molar-refractivity contribution is 6.69. The molecule has 0 atom stereocenters. The Morgan fingerprint density at radius 1 is 1.22 bits per heavy atom. The maximum atomic E-state index is 5.63. The van der Waals surface area contributed by atoms with Gasteiger partial charge in [0.25, 0.3) is 0 Å². The second kappa shape index (κ2) is 3.37. The molecule has 0 aromatic heterocycles. The van der Waals surface area contributed by atoms with Crippen LogP contribution >= 0.6 is 0 Å². The summed E-state index contributed by atoms with van der Waals surface area (Å²) in [7, 11) is -1.22. The normalized spacial score (nSPS) is 12.7.